The smallest absolute Gasteiger partial charge is 0.346 e. The van der Waals surface area contributed by atoms with Crippen LogP contribution in [0.15, 0.2) is 97.1 Å². The van der Waals surface area contributed by atoms with Gasteiger partial charge in [0.1, 0.15) is 23.2 Å². The van der Waals surface area contributed by atoms with Gasteiger partial charge in [-0.05, 0) is 66.5 Å². The number of hydrogen-bond acceptors (Lipinski definition) is 2. The molecule has 1 unspecified atom stereocenters. The number of ether oxygens (including phenoxy) is 1. The summed E-state index contributed by atoms with van der Waals surface area (Å²) in [5.74, 6) is -3.38. The lowest BCUT2D eigenvalue weighted by Gasteiger charge is -2.13. The van der Waals surface area contributed by atoms with E-state index in [-0.39, 0.29) is 23.3 Å². The second kappa shape index (κ2) is 12.4. The summed E-state index contributed by atoms with van der Waals surface area (Å²) in [5.41, 5.74) is 3.44. The molecule has 4 rings (SSSR count). The Balaban J connectivity index is 1.43. The van der Waals surface area contributed by atoms with Crippen molar-refractivity contribution >= 4 is 5.97 Å². The molecule has 0 fully saturated rings. The minimum atomic E-state index is -1.03. The Labute approximate surface area is 221 Å². The maximum absolute atomic E-state index is 14.9. The standard InChI is InChI=1S/C33H29F3O2/c1-3-4-6-11-28-31(35)20-27(21-32(28)36)38-33(37)29-17-16-26(19-30(29)34)25-14-12-23(13-15-25)18-22(2)24-9-7-5-8-10-24/h3-5,7-10,12-17,19-22H,6,11,18H2,1-2H3/b4-3+. The van der Waals surface area contributed by atoms with Crippen molar-refractivity contribution < 1.29 is 22.7 Å². The SMILES string of the molecule is C/C=C/CCc1c(F)cc(OC(=O)c2ccc(-c3ccc(CC(C)c4ccccc4)cc3)cc2F)cc1F. The number of carbonyl (C=O) groups is 1. The lowest BCUT2D eigenvalue weighted by atomic mass is 9.93. The number of rotatable bonds is 9. The molecule has 2 nitrogen and oxygen atoms in total. The topological polar surface area (TPSA) is 26.3 Å². The molecule has 0 saturated heterocycles. The summed E-state index contributed by atoms with van der Waals surface area (Å²) >= 11 is 0. The van der Waals surface area contributed by atoms with Crippen molar-refractivity contribution in [1.29, 1.82) is 0 Å². The van der Waals surface area contributed by atoms with Crippen LogP contribution in [0.4, 0.5) is 13.2 Å². The minimum Gasteiger partial charge on any atom is -0.423 e. The Kier molecular flexibility index (Phi) is 8.80. The van der Waals surface area contributed by atoms with Gasteiger partial charge in [-0.1, -0.05) is 79.7 Å². The molecular weight excluding hydrogens is 485 g/mol. The van der Waals surface area contributed by atoms with Gasteiger partial charge in [-0.3, -0.25) is 0 Å². The van der Waals surface area contributed by atoms with Crippen LogP contribution in [0.5, 0.6) is 5.75 Å². The fourth-order valence-corrected chi connectivity index (χ4v) is 4.38. The summed E-state index contributed by atoms with van der Waals surface area (Å²) < 4.78 is 48.7. The second-order valence-corrected chi connectivity index (χ2v) is 9.27. The molecule has 0 N–H and O–H groups in total. The lowest BCUT2D eigenvalue weighted by Crippen LogP contribution is -2.11. The van der Waals surface area contributed by atoms with Crippen molar-refractivity contribution in [3.05, 3.63) is 137 Å². The van der Waals surface area contributed by atoms with E-state index < -0.39 is 23.4 Å². The number of halogens is 3. The second-order valence-electron chi connectivity index (χ2n) is 9.27. The summed E-state index contributed by atoms with van der Waals surface area (Å²) in [4.78, 5) is 12.5. The van der Waals surface area contributed by atoms with Crippen LogP contribution in [0, 0.1) is 17.5 Å². The summed E-state index contributed by atoms with van der Waals surface area (Å²) in [6.07, 6.45) is 5.14. The lowest BCUT2D eigenvalue weighted by molar-refractivity contribution is 0.0729. The predicted octanol–water partition coefficient (Wildman–Crippen LogP) is 8.85. The van der Waals surface area contributed by atoms with Crippen molar-refractivity contribution in [1.82, 2.24) is 0 Å². The average Bonchev–Trinajstić information content (AvgIpc) is 2.91. The molecule has 0 saturated carbocycles. The minimum absolute atomic E-state index is 0.0843. The highest BCUT2D eigenvalue weighted by molar-refractivity contribution is 5.92. The van der Waals surface area contributed by atoms with E-state index in [1.807, 2.05) is 49.4 Å². The molecule has 4 aromatic carbocycles. The van der Waals surface area contributed by atoms with Crippen molar-refractivity contribution in [2.45, 2.75) is 39.0 Å². The quantitative estimate of drug-likeness (QED) is 0.127. The van der Waals surface area contributed by atoms with Crippen molar-refractivity contribution in [3.63, 3.8) is 0 Å². The van der Waals surface area contributed by atoms with Crippen LogP contribution >= 0.6 is 0 Å². The van der Waals surface area contributed by atoms with Crippen molar-refractivity contribution in [2.75, 3.05) is 0 Å². The van der Waals surface area contributed by atoms with E-state index in [1.54, 1.807) is 18.2 Å². The predicted molar refractivity (Wildman–Crippen MR) is 145 cm³/mol. The number of benzene rings is 4. The zero-order valence-electron chi connectivity index (χ0n) is 21.4. The zero-order chi connectivity index (χ0) is 27.1. The summed E-state index contributed by atoms with van der Waals surface area (Å²) in [6, 6.07) is 24.2. The van der Waals surface area contributed by atoms with E-state index in [4.69, 9.17) is 4.74 Å². The van der Waals surface area contributed by atoms with Crippen molar-refractivity contribution in [2.24, 2.45) is 0 Å². The summed E-state index contributed by atoms with van der Waals surface area (Å²) in [7, 11) is 0. The number of esters is 1. The number of allylic oxidation sites excluding steroid dienone is 2. The van der Waals surface area contributed by atoms with Crippen LogP contribution in [0.1, 0.15) is 53.2 Å². The van der Waals surface area contributed by atoms with Gasteiger partial charge in [-0.25, -0.2) is 18.0 Å². The molecule has 0 bridgehead atoms. The highest BCUT2D eigenvalue weighted by Gasteiger charge is 2.18. The third-order valence-corrected chi connectivity index (χ3v) is 6.51. The molecule has 0 spiro atoms. The van der Waals surface area contributed by atoms with Gasteiger partial charge in [0.25, 0.3) is 0 Å². The maximum Gasteiger partial charge on any atom is 0.346 e. The van der Waals surface area contributed by atoms with Gasteiger partial charge in [0.05, 0.1) is 5.56 Å². The van der Waals surface area contributed by atoms with Gasteiger partial charge in [0.2, 0.25) is 0 Å². The molecule has 0 radical (unpaired) electrons. The van der Waals surface area contributed by atoms with Gasteiger partial charge >= 0.3 is 5.97 Å². The van der Waals surface area contributed by atoms with Crippen LogP contribution in [-0.2, 0) is 12.8 Å². The average molecular weight is 515 g/mol. The normalized spacial score (nSPS) is 12.0. The Hall–Kier alpha value is -4.12. The van der Waals surface area contributed by atoms with E-state index in [9.17, 15) is 18.0 Å². The summed E-state index contributed by atoms with van der Waals surface area (Å²) in [6.45, 7) is 4.00. The Morgan fingerprint density at radius 2 is 1.50 bits per heavy atom. The monoisotopic (exact) mass is 514 g/mol. The van der Waals surface area contributed by atoms with Gasteiger partial charge in [0, 0.05) is 17.7 Å². The molecule has 0 aliphatic rings. The summed E-state index contributed by atoms with van der Waals surface area (Å²) in [5, 5.41) is 0. The van der Waals surface area contributed by atoms with Crippen LogP contribution in [0.2, 0.25) is 0 Å². The molecular formula is C33H29F3O2. The Morgan fingerprint density at radius 3 is 2.13 bits per heavy atom. The fourth-order valence-electron chi connectivity index (χ4n) is 4.38. The molecule has 1 atom stereocenters. The van der Waals surface area contributed by atoms with E-state index in [0.29, 0.717) is 17.9 Å². The fraction of sp³-hybridized carbons (Fsp3) is 0.182. The maximum atomic E-state index is 14.9. The van der Waals surface area contributed by atoms with E-state index in [1.165, 1.54) is 17.7 Å². The molecule has 0 aliphatic carbocycles. The molecule has 194 valence electrons. The highest BCUT2D eigenvalue weighted by Crippen LogP contribution is 2.27. The molecule has 0 heterocycles. The van der Waals surface area contributed by atoms with Gasteiger partial charge in [-0.2, -0.15) is 0 Å². The zero-order valence-corrected chi connectivity index (χ0v) is 21.4. The first kappa shape index (κ1) is 26.9. The molecule has 5 heteroatoms. The highest BCUT2D eigenvalue weighted by atomic mass is 19.1. The first-order valence-corrected chi connectivity index (χ1v) is 12.6. The Morgan fingerprint density at radius 1 is 0.842 bits per heavy atom. The Bertz CT molecular complexity index is 1400. The van der Waals surface area contributed by atoms with Gasteiger partial charge in [0.15, 0.2) is 0 Å². The third-order valence-electron chi connectivity index (χ3n) is 6.51. The number of hydrogen-bond donors (Lipinski definition) is 0. The molecule has 0 aromatic heterocycles. The third kappa shape index (κ3) is 6.60. The molecule has 0 amide bonds. The largest absolute Gasteiger partial charge is 0.423 e. The van der Waals surface area contributed by atoms with E-state index in [2.05, 4.69) is 19.1 Å². The van der Waals surface area contributed by atoms with E-state index in [0.717, 1.165) is 29.7 Å². The van der Waals surface area contributed by atoms with Crippen LogP contribution < -0.4 is 4.74 Å². The van der Waals surface area contributed by atoms with Crippen molar-refractivity contribution in [3.8, 4) is 16.9 Å². The van der Waals surface area contributed by atoms with Crippen LogP contribution in [0.25, 0.3) is 11.1 Å². The molecule has 0 aliphatic heterocycles. The van der Waals surface area contributed by atoms with Gasteiger partial charge in [-0.15, -0.1) is 0 Å². The van der Waals surface area contributed by atoms with Gasteiger partial charge < -0.3 is 4.74 Å². The van der Waals surface area contributed by atoms with Crippen LogP contribution in [-0.4, -0.2) is 5.97 Å². The molecule has 4 aromatic rings. The van der Waals surface area contributed by atoms with Crippen LogP contribution in [0.3, 0.4) is 0 Å². The first-order valence-electron chi connectivity index (χ1n) is 12.6. The van der Waals surface area contributed by atoms with E-state index >= 15 is 0 Å². The first-order chi connectivity index (χ1) is 18.4. The molecule has 38 heavy (non-hydrogen) atoms. The number of carbonyl (C=O) groups excluding carboxylic acids is 1.